The Bertz CT molecular complexity index is 447. The molecule has 21 heavy (non-hydrogen) atoms. The molecule has 1 N–H and O–H groups in total. The summed E-state index contributed by atoms with van der Waals surface area (Å²) >= 11 is 1.69. The zero-order valence-electron chi connectivity index (χ0n) is 13.1. The van der Waals surface area contributed by atoms with Gasteiger partial charge in [0.05, 0.1) is 0 Å². The van der Waals surface area contributed by atoms with E-state index in [1.807, 2.05) is 30.5 Å². The van der Waals surface area contributed by atoms with E-state index < -0.39 is 0 Å². The second kappa shape index (κ2) is 8.44. The summed E-state index contributed by atoms with van der Waals surface area (Å²) in [5.41, 5.74) is 0.749. The Hall–Kier alpha value is -1.00. The lowest BCUT2D eigenvalue weighted by Gasteiger charge is -2.33. The van der Waals surface area contributed by atoms with Crippen molar-refractivity contribution in [3.63, 3.8) is 0 Å². The number of likely N-dealkylation sites (tertiary alicyclic amines) is 1. The normalized spacial score (nSPS) is 19.4. The molecule has 0 unspecified atom stereocenters. The molecule has 1 aliphatic rings. The predicted molar refractivity (Wildman–Crippen MR) is 90.1 cm³/mol. The van der Waals surface area contributed by atoms with E-state index in [1.54, 1.807) is 11.8 Å². The lowest BCUT2D eigenvalue weighted by atomic mass is 10.0. The Morgan fingerprint density at radius 3 is 2.76 bits per heavy atom. The molecule has 3 nitrogen and oxygen atoms in total. The standard InChI is InChI=1S/C17H26N2OS/c1-14-6-3-4-12-19(14)13-5-11-18-17(20)15-7-9-16(21-2)10-8-15/h7-10,14H,3-6,11-13H2,1-2H3,(H,18,20)/t14-/m0/s1. The lowest BCUT2D eigenvalue weighted by molar-refractivity contribution is 0.0949. The SMILES string of the molecule is CSc1ccc(C(=O)NCCCN2CCCC[C@@H]2C)cc1. The minimum atomic E-state index is 0.0364. The van der Waals surface area contributed by atoms with Crippen LogP contribution in [0.5, 0.6) is 0 Å². The van der Waals surface area contributed by atoms with E-state index >= 15 is 0 Å². The number of carbonyl (C=O) groups excluding carboxylic acids is 1. The lowest BCUT2D eigenvalue weighted by Crippen LogP contribution is -2.39. The van der Waals surface area contributed by atoms with Crippen molar-refractivity contribution in [3.05, 3.63) is 29.8 Å². The number of nitrogens with zero attached hydrogens (tertiary/aromatic N) is 1. The van der Waals surface area contributed by atoms with Crippen LogP contribution in [0.1, 0.15) is 43.0 Å². The highest BCUT2D eigenvalue weighted by atomic mass is 32.2. The number of piperidine rings is 1. The molecule has 1 heterocycles. The van der Waals surface area contributed by atoms with Crippen LogP contribution in [-0.4, -0.2) is 42.7 Å². The highest BCUT2D eigenvalue weighted by molar-refractivity contribution is 7.98. The molecule has 0 aromatic heterocycles. The summed E-state index contributed by atoms with van der Waals surface area (Å²) in [5, 5.41) is 3.02. The molecule has 1 atom stereocenters. The molecule has 116 valence electrons. The van der Waals surface area contributed by atoms with Gasteiger partial charge in [-0.3, -0.25) is 4.79 Å². The molecule has 1 aromatic carbocycles. The molecule has 0 saturated carbocycles. The molecule has 1 aliphatic heterocycles. The highest BCUT2D eigenvalue weighted by Gasteiger charge is 2.17. The van der Waals surface area contributed by atoms with Gasteiger partial charge in [0.15, 0.2) is 0 Å². The van der Waals surface area contributed by atoms with Gasteiger partial charge in [0.25, 0.3) is 5.91 Å². The summed E-state index contributed by atoms with van der Waals surface area (Å²) in [6.45, 7) is 5.37. The van der Waals surface area contributed by atoms with Gasteiger partial charge in [0, 0.05) is 29.6 Å². The van der Waals surface area contributed by atoms with E-state index in [0.717, 1.165) is 25.1 Å². The minimum absolute atomic E-state index is 0.0364. The van der Waals surface area contributed by atoms with Crippen molar-refractivity contribution < 1.29 is 4.79 Å². The van der Waals surface area contributed by atoms with Crippen molar-refractivity contribution in [1.82, 2.24) is 10.2 Å². The molecular formula is C17H26N2OS. The third-order valence-electron chi connectivity index (χ3n) is 4.20. The van der Waals surface area contributed by atoms with Gasteiger partial charge in [-0.25, -0.2) is 0 Å². The monoisotopic (exact) mass is 306 g/mol. The van der Waals surface area contributed by atoms with Gasteiger partial charge >= 0.3 is 0 Å². The first-order chi connectivity index (χ1) is 10.2. The molecule has 0 bridgehead atoms. The molecule has 2 rings (SSSR count). The highest BCUT2D eigenvalue weighted by Crippen LogP contribution is 2.16. The van der Waals surface area contributed by atoms with Crippen molar-refractivity contribution in [2.75, 3.05) is 25.9 Å². The number of benzene rings is 1. The second-order valence-corrected chi connectivity index (χ2v) is 6.60. The summed E-state index contributed by atoms with van der Waals surface area (Å²) in [6, 6.07) is 8.49. The molecule has 0 radical (unpaired) electrons. The third-order valence-corrected chi connectivity index (χ3v) is 4.94. The number of nitrogens with one attached hydrogen (secondary N) is 1. The summed E-state index contributed by atoms with van der Waals surface area (Å²) in [7, 11) is 0. The summed E-state index contributed by atoms with van der Waals surface area (Å²) in [4.78, 5) is 15.8. The number of thioether (sulfide) groups is 1. The molecule has 1 amide bonds. The molecule has 1 fully saturated rings. The molecular weight excluding hydrogens is 280 g/mol. The van der Waals surface area contributed by atoms with Crippen molar-refractivity contribution in [2.24, 2.45) is 0 Å². The quantitative estimate of drug-likeness (QED) is 0.646. The van der Waals surface area contributed by atoms with E-state index in [-0.39, 0.29) is 5.91 Å². The van der Waals surface area contributed by atoms with Gasteiger partial charge in [0.1, 0.15) is 0 Å². The zero-order valence-corrected chi connectivity index (χ0v) is 13.9. The first-order valence-electron chi connectivity index (χ1n) is 7.87. The molecule has 0 spiro atoms. The zero-order chi connectivity index (χ0) is 15.1. The number of hydrogen-bond acceptors (Lipinski definition) is 3. The van der Waals surface area contributed by atoms with Crippen LogP contribution >= 0.6 is 11.8 Å². The maximum atomic E-state index is 12.0. The number of amides is 1. The maximum Gasteiger partial charge on any atom is 0.251 e. The summed E-state index contributed by atoms with van der Waals surface area (Å²) in [6.07, 6.45) is 7.06. The van der Waals surface area contributed by atoms with Crippen LogP contribution in [-0.2, 0) is 0 Å². The van der Waals surface area contributed by atoms with E-state index in [1.165, 1.54) is 30.7 Å². The third kappa shape index (κ3) is 5.04. The second-order valence-electron chi connectivity index (χ2n) is 5.72. The number of rotatable bonds is 6. The molecule has 1 saturated heterocycles. The fourth-order valence-corrected chi connectivity index (χ4v) is 3.23. The fraction of sp³-hybridized carbons (Fsp3) is 0.588. The minimum Gasteiger partial charge on any atom is -0.352 e. The van der Waals surface area contributed by atoms with Gasteiger partial charge in [-0.05, 0) is 63.3 Å². The smallest absolute Gasteiger partial charge is 0.251 e. The predicted octanol–water partition coefficient (Wildman–Crippen LogP) is 3.40. The van der Waals surface area contributed by atoms with Gasteiger partial charge in [0.2, 0.25) is 0 Å². The van der Waals surface area contributed by atoms with E-state index in [2.05, 4.69) is 17.1 Å². The summed E-state index contributed by atoms with van der Waals surface area (Å²) in [5.74, 6) is 0.0364. The first kappa shape index (κ1) is 16.4. The van der Waals surface area contributed by atoms with Crippen LogP contribution < -0.4 is 5.32 Å². The van der Waals surface area contributed by atoms with Gasteiger partial charge in [-0.15, -0.1) is 11.8 Å². The van der Waals surface area contributed by atoms with E-state index in [4.69, 9.17) is 0 Å². The Kier molecular flexibility index (Phi) is 6.58. The van der Waals surface area contributed by atoms with Crippen LogP contribution in [0.2, 0.25) is 0 Å². The van der Waals surface area contributed by atoms with Crippen LogP contribution in [0.3, 0.4) is 0 Å². The Balaban J connectivity index is 1.68. The first-order valence-corrected chi connectivity index (χ1v) is 9.09. The topological polar surface area (TPSA) is 32.3 Å². The average molecular weight is 306 g/mol. The maximum absolute atomic E-state index is 12.0. The van der Waals surface area contributed by atoms with Gasteiger partial charge in [-0.2, -0.15) is 0 Å². The van der Waals surface area contributed by atoms with E-state index in [0.29, 0.717) is 6.04 Å². The number of carbonyl (C=O) groups is 1. The Morgan fingerprint density at radius 2 is 2.10 bits per heavy atom. The number of hydrogen-bond donors (Lipinski definition) is 1. The van der Waals surface area contributed by atoms with Crippen LogP contribution in [0.4, 0.5) is 0 Å². The Labute approximate surface area is 132 Å². The van der Waals surface area contributed by atoms with Crippen LogP contribution in [0.15, 0.2) is 29.2 Å². The van der Waals surface area contributed by atoms with Crippen molar-refractivity contribution in [3.8, 4) is 0 Å². The molecule has 0 aliphatic carbocycles. The van der Waals surface area contributed by atoms with Gasteiger partial charge in [-0.1, -0.05) is 6.42 Å². The van der Waals surface area contributed by atoms with Crippen molar-refractivity contribution in [1.29, 1.82) is 0 Å². The Morgan fingerprint density at radius 1 is 1.33 bits per heavy atom. The van der Waals surface area contributed by atoms with Crippen LogP contribution in [0, 0.1) is 0 Å². The van der Waals surface area contributed by atoms with Crippen LogP contribution in [0.25, 0.3) is 0 Å². The summed E-state index contributed by atoms with van der Waals surface area (Å²) < 4.78 is 0. The van der Waals surface area contributed by atoms with Crippen molar-refractivity contribution in [2.45, 2.75) is 43.5 Å². The average Bonchev–Trinajstić information content (AvgIpc) is 2.53. The largest absolute Gasteiger partial charge is 0.352 e. The van der Waals surface area contributed by atoms with Gasteiger partial charge < -0.3 is 10.2 Å². The molecule has 1 aromatic rings. The molecule has 4 heteroatoms. The van der Waals surface area contributed by atoms with E-state index in [9.17, 15) is 4.79 Å². The van der Waals surface area contributed by atoms with Crippen molar-refractivity contribution >= 4 is 17.7 Å². The fourth-order valence-electron chi connectivity index (χ4n) is 2.82.